The predicted octanol–water partition coefficient (Wildman–Crippen LogP) is 2.19. The van der Waals surface area contributed by atoms with Crippen LogP contribution < -0.4 is 11.1 Å². The molecule has 0 aliphatic rings. The Bertz CT molecular complexity index is 291. The van der Waals surface area contributed by atoms with Crippen molar-refractivity contribution in [1.29, 1.82) is 0 Å². The lowest BCUT2D eigenvalue weighted by Gasteiger charge is -2.13. The van der Waals surface area contributed by atoms with Crippen LogP contribution in [-0.2, 0) is 6.54 Å². The molecule has 1 rings (SSSR count). The maximum atomic E-state index is 12.7. The summed E-state index contributed by atoms with van der Waals surface area (Å²) in [6.45, 7) is -0.543. The highest BCUT2D eigenvalue weighted by atomic mass is 79.9. The molecule has 2 nitrogen and oxygen atoms in total. The molecule has 0 fully saturated rings. The zero-order valence-corrected chi connectivity index (χ0v) is 9.80. The van der Waals surface area contributed by atoms with Crippen molar-refractivity contribution in [2.24, 2.45) is 5.73 Å². The molecule has 0 atom stereocenters. The van der Waals surface area contributed by atoms with Crippen LogP contribution in [-0.4, -0.2) is 19.0 Å². The topological polar surface area (TPSA) is 38.0 Å². The Morgan fingerprint density at radius 2 is 2.21 bits per heavy atom. The summed E-state index contributed by atoms with van der Waals surface area (Å²) in [5.74, 6) is -2.81. The van der Waals surface area contributed by atoms with Crippen LogP contribution in [0.1, 0.15) is 4.88 Å². The summed E-state index contributed by atoms with van der Waals surface area (Å²) < 4.78 is 26.3. The van der Waals surface area contributed by atoms with E-state index in [-0.39, 0.29) is 6.54 Å². The molecule has 0 aliphatic heterocycles. The quantitative estimate of drug-likeness (QED) is 0.870. The van der Waals surface area contributed by atoms with Gasteiger partial charge in [-0.2, -0.15) is 0 Å². The number of thiophene rings is 1. The Morgan fingerprint density at radius 1 is 1.50 bits per heavy atom. The van der Waals surface area contributed by atoms with Crippen LogP contribution in [0.5, 0.6) is 0 Å². The Balaban J connectivity index is 2.28. The van der Waals surface area contributed by atoms with Gasteiger partial charge in [0.25, 0.3) is 5.92 Å². The predicted molar refractivity (Wildman–Crippen MR) is 57.7 cm³/mol. The minimum absolute atomic E-state index is 0.376. The number of hydrogen-bond acceptors (Lipinski definition) is 3. The number of rotatable bonds is 5. The highest BCUT2D eigenvalue weighted by molar-refractivity contribution is 9.11. The van der Waals surface area contributed by atoms with Gasteiger partial charge in [-0.3, -0.25) is 0 Å². The van der Waals surface area contributed by atoms with Gasteiger partial charge in [-0.1, -0.05) is 0 Å². The van der Waals surface area contributed by atoms with Gasteiger partial charge in [-0.25, -0.2) is 8.78 Å². The zero-order valence-electron chi connectivity index (χ0n) is 7.40. The molecule has 0 unspecified atom stereocenters. The third kappa shape index (κ3) is 4.00. The van der Waals surface area contributed by atoms with E-state index in [9.17, 15) is 8.78 Å². The molecule has 0 aliphatic carbocycles. The van der Waals surface area contributed by atoms with E-state index in [4.69, 9.17) is 5.73 Å². The van der Waals surface area contributed by atoms with Gasteiger partial charge in [-0.15, -0.1) is 11.3 Å². The van der Waals surface area contributed by atoms with Crippen LogP contribution in [0.3, 0.4) is 0 Å². The lowest BCUT2D eigenvalue weighted by molar-refractivity contribution is 0.0116. The molecular formula is C8H11BrF2N2S. The van der Waals surface area contributed by atoms with Crippen molar-refractivity contribution in [1.82, 2.24) is 5.32 Å². The number of nitrogens with two attached hydrogens (primary N) is 1. The summed E-state index contributed by atoms with van der Waals surface area (Å²) in [6, 6.07) is 3.78. The average molecular weight is 285 g/mol. The summed E-state index contributed by atoms with van der Waals surface area (Å²) in [6.07, 6.45) is 0. The van der Waals surface area contributed by atoms with Gasteiger partial charge in [0.05, 0.1) is 16.9 Å². The van der Waals surface area contributed by atoms with E-state index in [1.807, 2.05) is 12.1 Å². The largest absolute Gasteiger partial charge is 0.325 e. The maximum absolute atomic E-state index is 12.7. The highest BCUT2D eigenvalue weighted by Crippen LogP contribution is 2.21. The van der Waals surface area contributed by atoms with Crippen LogP contribution in [0, 0.1) is 0 Å². The molecule has 6 heteroatoms. The first-order chi connectivity index (χ1) is 6.53. The number of alkyl halides is 2. The second kappa shape index (κ2) is 5.16. The fourth-order valence-electron chi connectivity index (χ4n) is 0.887. The standard InChI is InChI=1S/C8H11BrF2N2S/c9-7-2-1-6(14-7)3-13-5-8(10,11)4-12/h1-2,13H,3-5,12H2. The Morgan fingerprint density at radius 3 is 2.71 bits per heavy atom. The Labute approximate surface area is 93.6 Å². The first-order valence-corrected chi connectivity index (χ1v) is 5.67. The molecule has 1 aromatic rings. The second-order valence-electron chi connectivity index (χ2n) is 2.87. The molecule has 1 aromatic heterocycles. The normalized spacial score (nSPS) is 12.0. The fourth-order valence-corrected chi connectivity index (χ4v) is 2.34. The van der Waals surface area contributed by atoms with Crippen molar-refractivity contribution < 1.29 is 8.78 Å². The molecular weight excluding hydrogens is 274 g/mol. The summed E-state index contributed by atoms with van der Waals surface area (Å²) in [5.41, 5.74) is 4.89. The molecule has 0 aromatic carbocycles. The van der Waals surface area contributed by atoms with Crippen LogP contribution in [0.4, 0.5) is 8.78 Å². The second-order valence-corrected chi connectivity index (χ2v) is 5.42. The van der Waals surface area contributed by atoms with Gasteiger partial charge in [0.15, 0.2) is 0 Å². The van der Waals surface area contributed by atoms with Crippen molar-refractivity contribution in [3.05, 3.63) is 20.8 Å². The molecule has 14 heavy (non-hydrogen) atoms. The molecule has 0 spiro atoms. The third-order valence-electron chi connectivity index (χ3n) is 1.61. The summed E-state index contributed by atoms with van der Waals surface area (Å²) in [7, 11) is 0. The number of nitrogens with one attached hydrogen (secondary N) is 1. The van der Waals surface area contributed by atoms with Gasteiger partial charge in [0, 0.05) is 11.4 Å². The molecule has 0 bridgehead atoms. The Hall–Kier alpha value is -0.0400. The highest BCUT2D eigenvalue weighted by Gasteiger charge is 2.25. The molecule has 0 amide bonds. The van der Waals surface area contributed by atoms with Crippen LogP contribution in [0.25, 0.3) is 0 Å². The van der Waals surface area contributed by atoms with E-state index in [1.165, 1.54) is 11.3 Å². The zero-order chi connectivity index (χ0) is 10.6. The lowest BCUT2D eigenvalue weighted by atomic mass is 10.3. The van der Waals surface area contributed by atoms with Crippen molar-refractivity contribution in [2.75, 3.05) is 13.1 Å². The summed E-state index contributed by atoms with van der Waals surface area (Å²) >= 11 is 4.82. The molecule has 1 heterocycles. The lowest BCUT2D eigenvalue weighted by Crippen LogP contribution is -2.38. The Kier molecular flexibility index (Phi) is 4.43. The number of hydrogen-bond donors (Lipinski definition) is 2. The van der Waals surface area contributed by atoms with E-state index in [0.717, 1.165) is 8.66 Å². The van der Waals surface area contributed by atoms with E-state index in [1.54, 1.807) is 0 Å². The first-order valence-electron chi connectivity index (χ1n) is 4.06. The maximum Gasteiger partial charge on any atom is 0.272 e. The van der Waals surface area contributed by atoms with Gasteiger partial charge in [0.1, 0.15) is 0 Å². The molecule has 0 radical (unpaired) electrons. The van der Waals surface area contributed by atoms with Gasteiger partial charge < -0.3 is 11.1 Å². The smallest absolute Gasteiger partial charge is 0.272 e. The van der Waals surface area contributed by atoms with Crippen LogP contribution >= 0.6 is 27.3 Å². The summed E-state index contributed by atoms with van der Waals surface area (Å²) in [5, 5.41) is 2.67. The summed E-state index contributed by atoms with van der Waals surface area (Å²) in [4.78, 5) is 1.02. The minimum atomic E-state index is -2.81. The van der Waals surface area contributed by atoms with Crippen molar-refractivity contribution in [2.45, 2.75) is 12.5 Å². The molecule has 0 saturated heterocycles. The minimum Gasteiger partial charge on any atom is -0.325 e. The van der Waals surface area contributed by atoms with Crippen LogP contribution in [0.2, 0.25) is 0 Å². The van der Waals surface area contributed by atoms with Crippen LogP contribution in [0.15, 0.2) is 15.9 Å². The van der Waals surface area contributed by atoms with E-state index in [0.29, 0.717) is 6.54 Å². The van der Waals surface area contributed by atoms with Crippen molar-refractivity contribution >= 4 is 27.3 Å². The van der Waals surface area contributed by atoms with Gasteiger partial charge in [0.2, 0.25) is 0 Å². The molecule has 3 N–H and O–H groups in total. The van der Waals surface area contributed by atoms with Crippen molar-refractivity contribution in [3.63, 3.8) is 0 Å². The third-order valence-corrected chi connectivity index (χ3v) is 3.23. The van der Waals surface area contributed by atoms with Crippen molar-refractivity contribution in [3.8, 4) is 0 Å². The SMILES string of the molecule is NCC(F)(F)CNCc1ccc(Br)s1. The number of halogens is 3. The fraction of sp³-hybridized carbons (Fsp3) is 0.500. The van der Waals surface area contributed by atoms with E-state index in [2.05, 4.69) is 21.2 Å². The van der Waals surface area contributed by atoms with Gasteiger partial charge in [-0.05, 0) is 28.1 Å². The van der Waals surface area contributed by atoms with E-state index < -0.39 is 12.5 Å². The van der Waals surface area contributed by atoms with Gasteiger partial charge >= 0.3 is 0 Å². The first kappa shape index (κ1) is 12.0. The molecule has 0 saturated carbocycles. The molecule has 80 valence electrons. The van der Waals surface area contributed by atoms with E-state index >= 15 is 0 Å². The monoisotopic (exact) mass is 284 g/mol. The average Bonchev–Trinajstić information content (AvgIpc) is 2.51.